The van der Waals surface area contributed by atoms with E-state index in [1.165, 1.54) is 25.1 Å². The number of halogens is 4. The lowest BCUT2D eigenvalue weighted by Gasteiger charge is -2.24. The third kappa shape index (κ3) is 5.60. The van der Waals surface area contributed by atoms with Gasteiger partial charge in [-0.15, -0.1) is 0 Å². The maximum absolute atomic E-state index is 14.6. The van der Waals surface area contributed by atoms with E-state index in [-0.39, 0.29) is 24.3 Å². The van der Waals surface area contributed by atoms with Crippen LogP contribution in [0.25, 0.3) is 22.0 Å². The lowest BCUT2D eigenvalue weighted by Crippen LogP contribution is -2.38. The van der Waals surface area contributed by atoms with Crippen molar-refractivity contribution in [3.63, 3.8) is 0 Å². The molecule has 1 unspecified atom stereocenters. The van der Waals surface area contributed by atoms with E-state index in [1.807, 2.05) is 0 Å². The molecular weight excluding hydrogens is 559 g/mol. The Morgan fingerprint density at radius 3 is 2.51 bits per heavy atom. The van der Waals surface area contributed by atoms with Gasteiger partial charge in [0, 0.05) is 27.9 Å². The summed E-state index contributed by atoms with van der Waals surface area (Å²) >= 11 is 6.04. The SMILES string of the molecule is CCOC(=O)C(F)(F)CC(=O)N1N=C(c2c(-c3cccc(F)c3)c3ccccc3[nH]c2=O)CC1c1ccc(Cl)cc1. The van der Waals surface area contributed by atoms with Crippen LogP contribution in [-0.2, 0) is 14.3 Å². The average Bonchev–Trinajstić information content (AvgIpc) is 3.38. The van der Waals surface area contributed by atoms with E-state index in [0.717, 1.165) is 5.01 Å². The molecule has 0 fully saturated rings. The number of nitrogens with zero attached hydrogens (tertiary/aromatic N) is 2. The molecule has 7 nitrogen and oxygen atoms in total. The van der Waals surface area contributed by atoms with Crippen LogP contribution in [0.1, 0.15) is 36.9 Å². The number of hydrogen-bond acceptors (Lipinski definition) is 5. The van der Waals surface area contributed by atoms with Crippen molar-refractivity contribution in [2.45, 2.75) is 31.7 Å². The standard InChI is InChI=1S/C30H23ClF3N3O4/c1-2-41-29(40)30(33,34)16-25(38)37-24(17-10-12-19(31)13-11-17)15-23(36-37)27-26(18-6-5-7-20(32)14-18)21-8-3-4-9-22(21)35-28(27)39/h3-14,24H,2,15-16H2,1H3,(H,35,39). The number of carbonyl (C=O) groups excluding carboxylic acids is 2. The molecule has 1 aliphatic heterocycles. The van der Waals surface area contributed by atoms with Crippen molar-refractivity contribution in [1.29, 1.82) is 0 Å². The van der Waals surface area contributed by atoms with E-state index in [4.69, 9.17) is 11.6 Å². The third-order valence-electron chi connectivity index (χ3n) is 6.69. The number of hydrazone groups is 1. The summed E-state index contributed by atoms with van der Waals surface area (Å²) in [5, 5.41) is 6.24. The van der Waals surface area contributed by atoms with Gasteiger partial charge in [-0.2, -0.15) is 13.9 Å². The minimum absolute atomic E-state index is 0.0257. The average molecular weight is 582 g/mol. The minimum Gasteiger partial charge on any atom is -0.462 e. The van der Waals surface area contributed by atoms with Crippen LogP contribution in [0, 0.1) is 5.82 Å². The highest BCUT2D eigenvalue weighted by Crippen LogP contribution is 2.38. The Hall–Kier alpha value is -4.44. The molecule has 1 N–H and O–H groups in total. The van der Waals surface area contributed by atoms with E-state index >= 15 is 0 Å². The Bertz CT molecular complexity index is 1740. The molecule has 1 atom stereocenters. The summed E-state index contributed by atoms with van der Waals surface area (Å²) in [6.45, 7) is 1.09. The highest BCUT2D eigenvalue weighted by Gasteiger charge is 2.46. The first-order chi connectivity index (χ1) is 19.6. The van der Waals surface area contributed by atoms with Gasteiger partial charge in [0.15, 0.2) is 0 Å². The second-order valence-corrected chi connectivity index (χ2v) is 9.85. The first-order valence-electron chi connectivity index (χ1n) is 12.7. The van der Waals surface area contributed by atoms with Gasteiger partial charge in [-0.3, -0.25) is 9.59 Å². The number of alkyl halides is 2. The number of pyridine rings is 1. The van der Waals surface area contributed by atoms with Crippen molar-refractivity contribution in [2.75, 3.05) is 6.61 Å². The number of esters is 1. The van der Waals surface area contributed by atoms with Gasteiger partial charge in [0.2, 0.25) is 5.91 Å². The summed E-state index contributed by atoms with van der Waals surface area (Å²) in [5.74, 6) is -7.59. The molecule has 0 spiro atoms. The zero-order valence-electron chi connectivity index (χ0n) is 21.7. The summed E-state index contributed by atoms with van der Waals surface area (Å²) < 4.78 is 48.0. The molecule has 1 aliphatic rings. The second-order valence-electron chi connectivity index (χ2n) is 9.42. The van der Waals surface area contributed by atoms with Crippen molar-refractivity contribution in [3.05, 3.63) is 105 Å². The summed E-state index contributed by atoms with van der Waals surface area (Å²) in [6, 6.07) is 18.1. The molecule has 210 valence electrons. The summed E-state index contributed by atoms with van der Waals surface area (Å²) in [6.07, 6.45) is -1.51. The van der Waals surface area contributed by atoms with Crippen molar-refractivity contribution < 1.29 is 27.5 Å². The summed E-state index contributed by atoms with van der Waals surface area (Å²) in [7, 11) is 0. The largest absolute Gasteiger partial charge is 0.462 e. The summed E-state index contributed by atoms with van der Waals surface area (Å²) in [5.41, 5.74) is 1.43. The zero-order valence-corrected chi connectivity index (χ0v) is 22.4. The smallest absolute Gasteiger partial charge is 0.377 e. The van der Waals surface area contributed by atoms with Crippen LogP contribution in [0.2, 0.25) is 5.02 Å². The van der Waals surface area contributed by atoms with Crippen LogP contribution in [0.3, 0.4) is 0 Å². The molecule has 0 saturated carbocycles. The summed E-state index contributed by atoms with van der Waals surface area (Å²) in [4.78, 5) is 41.4. The number of amides is 1. The lowest BCUT2D eigenvalue weighted by molar-refractivity contribution is -0.175. The number of nitrogens with one attached hydrogen (secondary N) is 1. The number of hydrogen-bond donors (Lipinski definition) is 1. The number of fused-ring (bicyclic) bond motifs is 1. The minimum atomic E-state index is -4.09. The Kier molecular flexibility index (Phi) is 7.68. The molecular formula is C30H23ClF3N3O4. The van der Waals surface area contributed by atoms with Gasteiger partial charge >= 0.3 is 11.9 Å². The number of ether oxygens (including phenoxy) is 1. The topological polar surface area (TPSA) is 91.8 Å². The van der Waals surface area contributed by atoms with Gasteiger partial charge in [0.1, 0.15) is 12.2 Å². The van der Waals surface area contributed by atoms with Gasteiger partial charge in [-0.25, -0.2) is 14.2 Å². The number of H-pyrrole nitrogens is 1. The molecule has 11 heteroatoms. The first-order valence-corrected chi connectivity index (χ1v) is 13.1. The predicted octanol–water partition coefficient (Wildman–Crippen LogP) is 6.25. The maximum Gasteiger partial charge on any atom is 0.377 e. The van der Waals surface area contributed by atoms with E-state index in [2.05, 4.69) is 14.8 Å². The molecule has 0 saturated heterocycles. The monoisotopic (exact) mass is 581 g/mol. The van der Waals surface area contributed by atoms with Crippen LogP contribution in [0.15, 0.2) is 82.7 Å². The number of rotatable bonds is 7. The van der Waals surface area contributed by atoms with Crippen LogP contribution < -0.4 is 5.56 Å². The van der Waals surface area contributed by atoms with Crippen molar-refractivity contribution in [1.82, 2.24) is 9.99 Å². The van der Waals surface area contributed by atoms with Crippen molar-refractivity contribution in [3.8, 4) is 11.1 Å². The molecule has 4 aromatic rings. The Morgan fingerprint density at radius 2 is 1.80 bits per heavy atom. The van der Waals surface area contributed by atoms with E-state index in [9.17, 15) is 27.6 Å². The van der Waals surface area contributed by atoms with Crippen molar-refractivity contribution >= 4 is 40.1 Å². The molecule has 1 aromatic heterocycles. The van der Waals surface area contributed by atoms with Gasteiger partial charge in [-0.05, 0) is 48.4 Å². The van der Waals surface area contributed by atoms with E-state index in [1.54, 1.807) is 54.6 Å². The zero-order chi connectivity index (χ0) is 29.3. The van der Waals surface area contributed by atoms with Gasteiger partial charge in [0.05, 0.1) is 23.9 Å². The molecule has 2 heterocycles. The number of aromatic amines is 1. The fraction of sp³-hybridized carbons (Fsp3) is 0.200. The van der Waals surface area contributed by atoms with Crippen LogP contribution in [-0.4, -0.2) is 40.1 Å². The van der Waals surface area contributed by atoms with E-state index < -0.39 is 41.6 Å². The maximum atomic E-state index is 14.6. The number of carbonyl (C=O) groups is 2. The van der Waals surface area contributed by atoms with Gasteiger partial charge in [0.25, 0.3) is 5.56 Å². The fourth-order valence-corrected chi connectivity index (χ4v) is 5.00. The van der Waals surface area contributed by atoms with Crippen LogP contribution >= 0.6 is 11.6 Å². The Morgan fingerprint density at radius 1 is 1.07 bits per heavy atom. The second kappa shape index (κ2) is 11.2. The van der Waals surface area contributed by atoms with Gasteiger partial charge < -0.3 is 9.72 Å². The predicted molar refractivity (Wildman–Crippen MR) is 148 cm³/mol. The molecule has 0 radical (unpaired) electrons. The van der Waals surface area contributed by atoms with E-state index in [0.29, 0.717) is 32.6 Å². The van der Waals surface area contributed by atoms with Crippen LogP contribution in [0.4, 0.5) is 13.2 Å². The highest BCUT2D eigenvalue weighted by atomic mass is 35.5. The first kappa shape index (κ1) is 28.1. The Labute approximate surface area is 237 Å². The number of aromatic nitrogens is 1. The molecule has 0 bridgehead atoms. The molecule has 0 aliphatic carbocycles. The molecule has 1 amide bonds. The normalized spacial score (nSPS) is 15.2. The quantitative estimate of drug-likeness (QED) is 0.261. The third-order valence-corrected chi connectivity index (χ3v) is 6.94. The molecule has 41 heavy (non-hydrogen) atoms. The molecule has 3 aromatic carbocycles. The van der Waals surface area contributed by atoms with Crippen LogP contribution in [0.5, 0.6) is 0 Å². The number of benzene rings is 3. The fourth-order valence-electron chi connectivity index (χ4n) is 4.88. The highest BCUT2D eigenvalue weighted by molar-refractivity contribution is 6.30. The molecule has 5 rings (SSSR count). The Balaban J connectivity index is 1.66. The van der Waals surface area contributed by atoms with Crippen molar-refractivity contribution in [2.24, 2.45) is 5.10 Å². The van der Waals surface area contributed by atoms with Gasteiger partial charge in [-0.1, -0.05) is 54.1 Å². The lowest BCUT2D eigenvalue weighted by atomic mass is 9.91. The number of para-hydroxylation sites is 1.